The van der Waals surface area contributed by atoms with Crippen LogP contribution in [0.15, 0.2) is 17.5 Å². The summed E-state index contributed by atoms with van der Waals surface area (Å²) in [6, 6.07) is 3.73. The molecule has 5 heteroatoms. The summed E-state index contributed by atoms with van der Waals surface area (Å²) in [5.74, 6) is 0. The van der Waals surface area contributed by atoms with Gasteiger partial charge in [0.1, 0.15) is 0 Å². The molecule has 1 heterocycles. The van der Waals surface area contributed by atoms with E-state index in [1.807, 2.05) is 17.5 Å². The van der Waals surface area contributed by atoms with E-state index in [1.54, 1.807) is 23.3 Å². The average molecular weight is 220 g/mol. The van der Waals surface area contributed by atoms with Gasteiger partial charge in [-0.3, -0.25) is 4.90 Å². The fourth-order valence-electron chi connectivity index (χ4n) is 1.34. The molecule has 1 rings (SSSR count). The number of thiophene rings is 1. The SMILES string of the molecule is CN(CC(F)F)C(CN)c1cccs1. The van der Waals surface area contributed by atoms with Gasteiger partial charge < -0.3 is 5.73 Å². The van der Waals surface area contributed by atoms with Crippen LogP contribution in [0.2, 0.25) is 0 Å². The second kappa shape index (κ2) is 5.38. The number of halogens is 2. The Hall–Kier alpha value is -0.520. The molecule has 0 saturated heterocycles. The van der Waals surface area contributed by atoms with Crippen LogP contribution in [0.4, 0.5) is 8.78 Å². The van der Waals surface area contributed by atoms with Crippen molar-refractivity contribution in [3.05, 3.63) is 22.4 Å². The van der Waals surface area contributed by atoms with E-state index in [1.165, 1.54) is 0 Å². The summed E-state index contributed by atoms with van der Waals surface area (Å²) < 4.78 is 24.3. The minimum Gasteiger partial charge on any atom is -0.329 e. The van der Waals surface area contributed by atoms with Crippen LogP contribution in [0.3, 0.4) is 0 Å². The Morgan fingerprint density at radius 3 is 2.71 bits per heavy atom. The number of hydrogen-bond donors (Lipinski definition) is 1. The maximum absolute atomic E-state index is 12.1. The van der Waals surface area contributed by atoms with Crippen molar-refractivity contribution in [2.75, 3.05) is 20.1 Å². The lowest BCUT2D eigenvalue weighted by atomic mass is 10.2. The van der Waals surface area contributed by atoms with Gasteiger partial charge in [-0.15, -0.1) is 11.3 Å². The standard InChI is InChI=1S/C9H14F2N2S/c1-13(6-9(10)11)7(5-12)8-3-2-4-14-8/h2-4,7,9H,5-6,12H2,1H3. The summed E-state index contributed by atoms with van der Waals surface area (Å²) in [6.07, 6.45) is -2.31. The van der Waals surface area contributed by atoms with Gasteiger partial charge in [0.2, 0.25) is 0 Å². The number of nitrogens with two attached hydrogens (primary N) is 1. The van der Waals surface area contributed by atoms with Crippen LogP contribution >= 0.6 is 11.3 Å². The van der Waals surface area contributed by atoms with E-state index >= 15 is 0 Å². The molecule has 80 valence electrons. The number of nitrogens with zero attached hydrogens (tertiary/aromatic N) is 1. The normalized spacial score (nSPS) is 13.9. The van der Waals surface area contributed by atoms with Crippen molar-refractivity contribution in [2.24, 2.45) is 5.73 Å². The lowest BCUT2D eigenvalue weighted by Crippen LogP contribution is -2.33. The molecule has 1 aromatic rings. The van der Waals surface area contributed by atoms with Crippen molar-refractivity contribution < 1.29 is 8.78 Å². The van der Waals surface area contributed by atoms with Gasteiger partial charge in [0.25, 0.3) is 6.43 Å². The van der Waals surface area contributed by atoms with Gasteiger partial charge in [-0.05, 0) is 18.5 Å². The summed E-state index contributed by atoms with van der Waals surface area (Å²) in [5.41, 5.74) is 5.56. The zero-order valence-corrected chi connectivity index (χ0v) is 8.81. The summed E-state index contributed by atoms with van der Waals surface area (Å²) in [6.45, 7) is 0.128. The topological polar surface area (TPSA) is 29.3 Å². The van der Waals surface area contributed by atoms with E-state index in [-0.39, 0.29) is 12.6 Å². The molecule has 0 spiro atoms. The van der Waals surface area contributed by atoms with Crippen molar-refractivity contribution in [1.82, 2.24) is 4.90 Å². The van der Waals surface area contributed by atoms with Gasteiger partial charge in [0.15, 0.2) is 0 Å². The molecule has 1 unspecified atom stereocenters. The number of rotatable bonds is 5. The first kappa shape index (κ1) is 11.6. The number of alkyl halides is 2. The maximum atomic E-state index is 12.1. The Morgan fingerprint density at radius 1 is 1.57 bits per heavy atom. The molecule has 2 nitrogen and oxygen atoms in total. The molecule has 0 radical (unpaired) electrons. The Labute approximate surface area is 86.3 Å². The third-order valence-electron chi connectivity index (χ3n) is 2.05. The van der Waals surface area contributed by atoms with E-state index < -0.39 is 6.43 Å². The molecular weight excluding hydrogens is 206 g/mol. The highest BCUT2D eigenvalue weighted by Crippen LogP contribution is 2.23. The quantitative estimate of drug-likeness (QED) is 0.821. The molecule has 0 amide bonds. The van der Waals surface area contributed by atoms with Gasteiger partial charge in [-0.2, -0.15) is 0 Å². The van der Waals surface area contributed by atoms with Crippen molar-refractivity contribution >= 4 is 11.3 Å². The molecule has 0 aliphatic carbocycles. The first-order valence-corrected chi connectivity index (χ1v) is 5.25. The Bertz CT molecular complexity index is 251. The highest BCUT2D eigenvalue weighted by atomic mass is 32.1. The summed E-state index contributed by atoms with van der Waals surface area (Å²) in [5, 5.41) is 1.92. The van der Waals surface area contributed by atoms with Gasteiger partial charge in [0, 0.05) is 11.4 Å². The van der Waals surface area contributed by atoms with E-state index in [0.717, 1.165) is 4.88 Å². The maximum Gasteiger partial charge on any atom is 0.251 e. The third kappa shape index (κ3) is 3.01. The smallest absolute Gasteiger partial charge is 0.251 e. The monoisotopic (exact) mass is 220 g/mol. The molecule has 0 aliphatic rings. The zero-order chi connectivity index (χ0) is 10.6. The minimum atomic E-state index is -2.31. The largest absolute Gasteiger partial charge is 0.329 e. The molecule has 0 bridgehead atoms. The fraction of sp³-hybridized carbons (Fsp3) is 0.556. The molecule has 1 aromatic heterocycles. The van der Waals surface area contributed by atoms with Crippen LogP contribution in [-0.2, 0) is 0 Å². The summed E-state index contributed by atoms with van der Waals surface area (Å²) in [4.78, 5) is 2.63. The molecule has 0 aliphatic heterocycles. The van der Waals surface area contributed by atoms with Gasteiger partial charge in [0.05, 0.1) is 12.6 Å². The first-order valence-electron chi connectivity index (χ1n) is 4.37. The van der Waals surface area contributed by atoms with E-state index in [4.69, 9.17) is 5.73 Å². The third-order valence-corrected chi connectivity index (χ3v) is 3.03. The fourth-order valence-corrected chi connectivity index (χ4v) is 2.24. The second-order valence-electron chi connectivity index (χ2n) is 3.10. The highest BCUT2D eigenvalue weighted by molar-refractivity contribution is 7.10. The van der Waals surface area contributed by atoms with Crippen LogP contribution in [0.25, 0.3) is 0 Å². The van der Waals surface area contributed by atoms with E-state index in [0.29, 0.717) is 6.54 Å². The summed E-state index contributed by atoms with van der Waals surface area (Å²) >= 11 is 1.54. The Kier molecular flexibility index (Phi) is 4.44. The van der Waals surface area contributed by atoms with Crippen LogP contribution in [0.5, 0.6) is 0 Å². The molecule has 0 aromatic carbocycles. The molecule has 2 N–H and O–H groups in total. The van der Waals surface area contributed by atoms with Gasteiger partial charge in [-0.25, -0.2) is 8.78 Å². The predicted octanol–water partition coefficient (Wildman–Crippen LogP) is 1.94. The van der Waals surface area contributed by atoms with E-state index in [2.05, 4.69) is 0 Å². The molecule has 0 fully saturated rings. The highest BCUT2D eigenvalue weighted by Gasteiger charge is 2.19. The second-order valence-corrected chi connectivity index (χ2v) is 4.08. The molecule has 1 atom stereocenters. The van der Waals surface area contributed by atoms with Crippen LogP contribution in [0, 0.1) is 0 Å². The number of likely N-dealkylation sites (N-methyl/N-ethyl adjacent to an activating group) is 1. The average Bonchev–Trinajstić information content (AvgIpc) is 2.57. The Balaban J connectivity index is 2.62. The lowest BCUT2D eigenvalue weighted by Gasteiger charge is -2.25. The van der Waals surface area contributed by atoms with Crippen molar-refractivity contribution in [3.8, 4) is 0 Å². The molecule has 0 saturated carbocycles. The summed E-state index contributed by atoms with van der Waals surface area (Å²) in [7, 11) is 1.67. The predicted molar refractivity (Wildman–Crippen MR) is 54.7 cm³/mol. The lowest BCUT2D eigenvalue weighted by molar-refractivity contribution is 0.0829. The Morgan fingerprint density at radius 2 is 2.29 bits per heavy atom. The van der Waals surface area contributed by atoms with Crippen molar-refractivity contribution in [1.29, 1.82) is 0 Å². The van der Waals surface area contributed by atoms with E-state index in [9.17, 15) is 8.78 Å². The van der Waals surface area contributed by atoms with Crippen LogP contribution < -0.4 is 5.73 Å². The minimum absolute atomic E-state index is 0.0935. The molecular formula is C9H14F2N2S. The van der Waals surface area contributed by atoms with Crippen molar-refractivity contribution in [3.63, 3.8) is 0 Å². The van der Waals surface area contributed by atoms with Gasteiger partial charge >= 0.3 is 0 Å². The number of hydrogen-bond acceptors (Lipinski definition) is 3. The van der Waals surface area contributed by atoms with Crippen LogP contribution in [-0.4, -0.2) is 31.5 Å². The zero-order valence-electron chi connectivity index (χ0n) is 7.99. The molecule has 14 heavy (non-hydrogen) atoms. The first-order chi connectivity index (χ1) is 6.65. The van der Waals surface area contributed by atoms with Gasteiger partial charge in [-0.1, -0.05) is 6.07 Å². The van der Waals surface area contributed by atoms with Crippen LogP contribution in [0.1, 0.15) is 10.9 Å². The van der Waals surface area contributed by atoms with Crippen molar-refractivity contribution in [2.45, 2.75) is 12.5 Å².